The van der Waals surface area contributed by atoms with Gasteiger partial charge in [-0.25, -0.2) is 0 Å². The first-order valence-electron chi connectivity index (χ1n) is 7.19. The van der Waals surface area contributed by atoms with Crippen molar-refractivity contribution in [2.45, 2.75) is 32.6 Å². The molecule has 1 aromatic heterocycles. The van der Waals surface area contributed by atoms with Crippen LogP contribution in [0, 0.1) is 0 Å². The molecule has 0 aliphatic rings. The molecule has 0 saturated carbocycles. The summed E-state index contributed by atoms with van der Waals surface area (Å²) in [4.78, 5) is 15.3. The Morgan fingerprint density at radius 1 is 1.32 bits per heavy atom. The van der Waals surface area contributed by atoms with E-state index in [2.05, 4.69) is 0 Å². The number of hydrogen-bond acceptors (Lipinski definition) is 4. The minimum absolute atomic E-state index is 0.0160. The average molecular weight is 319 g/mol. The second-order valence-electron chi connectivity index (χ2n) is 5.21. The highest BCUT2D eigenvalue weighted by molar-refractivity contribution is 7.10. The second-order valence-corrected chi connectivity index (χ2v) is 6.19. The Kier molecular flexibility index (Phi) is 5.57. The van der Waals surface area contributed by atoms with Gasteiger partial charge in [-0.1, -0.05) is 18.2 Å². The van der Waals surface area contributed by atoms with Crippen LogP contribution in [0.25, 0.3) is 0 Å². The number of hydrogen-bond donors (Lipinski definition) is 1. The van der Waals surface area contributed by atoms with Crippen molar-refractivity contribution in [2.24, 2.45) is 0 Å². The molecule has 2 rings (SSSR count). The van der Waals surface area contributed by atoms with Crippen molar-refractivity contribution in [3.63, 3.8) is 0 Å². The van der Waals surface area contributed by atoms with Crippen LogP contribution in [0.2, 0.25) is 0 Å². The summed E-state index contributed by atoms with van der Waals surface area (Å²) in [5.41, 5.74) is 0.762. The molecule has 0 radical (unpaired) electrons. The van der Waals surface area contributed by atoms with E-state index in [9.17, 15) is 4.79 Å². The fraction of sp³-hybridized carbons (Fsp3) is 0.353. The van der Waals surface area contributed by atoms with Gasteiger partial charge in [0.05, 0.1) is 12.6 Å². The van der Waals surface area contributed by atoms with Crippen LogP contribution in [-0.4, -0.2) is 29.1 Å². The fourth-order valence-corrected chi connectivity index (χ4v) is 3.00. The average Bonchev–Trinajstić information content (AvgIpc) is 3.07. The monoisotopic (exact) mass is 319 g/mol. The highest BCUT2D eigenvalue weighted by atomic mass is 32.1. The Hall–Kier alpha value is -1.85. The lowest BCUT2D eigenvalue weighted by molar-refractivity contribution is -0.138. The first-order chi connectivity index (χ1) is 10.5. The van der Waals surface area contributed by atoms with E-state index < -0.39 is 6.10 Å². The van der Waals surface area contributed by atoms with Gasteiger partial charge in [0.25, 0.3) is 5.91 Å². The SMILES string of the molecule is CC(Oc1cccc(CO)c1)C(=O)N(C)C(C)c1cccs1. The molecule has 1 amide bonds. The van der Waals surface area contributed by atoms with Gasteiger partial charge in [0, 0.05) is 11.9 Å². The zero-order valence-electron chi connectivity index (χ0n) is 13.0. The van der Waals surface area contributed by atoms with E-state index in [4.69, 9.17) is 9.84 Å². The first-order valence-corrected chi connectivity index (χ1v) is 8.07. The number of carbonyl (C=O) groups is 1. The highest BCUT2D eigenvalue weighted by Gasteiger charge is 2.24. The minimum Gasteiger partial charge on any atom is -0.481 e. The number of ether oxygens (including phenoxy) is 1. The van der Waals surface area contributed by atoms with Crippen LogP contribution in [0.5, 0.6) is 5.75 Å². The quantitative estimate of drug-likeness (QED) is 0.889. The third-order valence-corrected chi connectivity index (χ3v) is 4.67. The Labute approximate surface area is 135 Å². The number of benzene rings is 1. The zero-order chi connectivity index (χ0) is 16.1. The topological polar surface area (TPSA) is 49.8 Å². The summed E-state index contributed by atoms with van der Waals surface area (Å²) in [6.45, 7) is 3.70. The number of amides is 1. The molecule has 4 nitrogen and oxygen atoms in total. The molecular formula is C17H21NO3S. The molecule has 0 bridgehead atoms. The summed E-state index contributed by atoms with van der Waals surface area (Å²) in [7, 11) is 1.79. The summed E-state index contributed by atoms with van der Waals surface area (Å²) in [6, 6.07) is 11.2. The fourth-order valence-electron chi connectivity index (χ4n) is 2.17. The Morgan fingerprint density at radius 3 is 2.73 bits per heavy atom. The van der Waals surface area contributed by atoms with Crippen molar-refractivity contribution in [1.29, 1.82) is 0 Å². The maximum atomic E-state index is 12.5. The lowest BCUT2D eigenvalue weighted by Gasteiger charge is -2.27. The van der Waals surface area contributed by atoms with Crippen molar-refractivity contribution in [2.75, 3.05) is 7.05 Å². The van der Waals surface area contributed by atoms with Crippen molar-refractivity contribution < 1.29 is 14.6 Å². The van der Waals surface area contributed by atoms with Gasteiger partial charge in [0.1, 0.15) is 5.75 Å². The van der Waals surface area contributed by atoms with Crippen LogP contribution >= 0.6 is 11.3 Å². The standard InChI is InChI=1S/C17H21NO3S/c1-12(16-8-5-9-22-16)18(3)17(20)13(2)21-15-7-4-6-14(10-15)11-19/h4-10,12-13,19H,11H2,1-3H3. The number of likely N-dealkylation sites (N-methyl/N-ethyl adjacent to an activating group) is 1. The Morgan fingerprint density at radius 2 is 2.09 bits per heavy atom. The van der Waals surface area contributed by atoms with Crippen molar-refractivity contribution in [3.05, 3.63) is 52.2 Å². The van der Waals surface area contributed by atoms with E-state index in [0.29, 0.717) is 5.75 Å². The summed E-state index contributed by atoms with van der Waals surface area (Å²) >= 11 is 1.63. The van der Waals surface area contributed by atoms with Crippen LogP contribution in [0.3, 0.4) is 0 Å². The molecule has 0 spiro atoms. The Balaban J connectivity index is 2.02. The lowest BCUT2D eigenvalue weighted by Crippen LogP contribution is -2.39. The number of rotatable bonds is 6. The van der Waals surface area contributed by atoms with E-state index in [0.717, 1.165) is 10.4 Å². The summed E-state index contributed by atoms with van der Waals surface area (Å²) < 4.78 is 5.71. The van der Waals surface area contributed by atoms with E-state index in [1.54, 1.807) is 48.4 Å². The molecule has 2 unspecified atom stereocenters. The highest BCUT2D eigenvalue weighted by Crippen LogP contribution is 2.24. The maximum absolute atomic E-state index is 12.5. The van der Waals surface area contributed by atoms with Gasteiger partial charge in [0.2, 0.25) is 0 Å². The van der Waals surface area contributed by atoms with Crippen LogP contribution in [-0.2, 0) is 11.4 Å². The largest absolute Gasteiger partial charge is 0.481 e. The summed E-state index contributed by atoms with van der Waals surface area (Å²) in [6.07, 6.45) is -0.582. The van der Waals surface area contributed by atoms with E-state index in [1.807, 2.05) is 30.5 Å². The predicted molar refractivity (Wildman–Crippen MR) is 88.0 cm³/mol. The molecule has 0 aliphatic heterocycles. The third-order valence-electron chi connectivity index (χ3n) is 3.63. The van der Waals surface area contributed by atoms with E-state index in [1.165, 1.54) is 0 Å². The van der Waals surface area contributed by atoms with Crippen LogP contribution in [0.15, 0.2) is 41.8 Å². The molecule has 5 heteroatoms. The van der Waals surface area contributed by atoms with E-state index >= 15 is 0 Å². The molecule has 118 valence electrons. The summed E-state index contributed by atoms with van der Waals surface area (Å²) in [5, 5.41) is 11.1. The molecule has 22 heavy (non-hydrogen) atoms. The van der Waals surface area contributed by atoms with Gasteiger partial charge in [-0.15, -0.1) is 11.3 Å². The van der Waals surface area contributed by atoms with Crippen molar-refractivity contribution in [1.82, 2.24) is 4.90 Å². The van der Waals surface area contributed by atoms with Gasteiger partial charge in [-0.3, -0.25) is 4.79 Å². The van der Waals surface area contributed by atoms with Gasteiger partial charge in [-0.2, -0.15) is 0 Å². The van der Waals surface area contributed by atoms with Crippen molar-refractivity contribution in [3.8, 4) is 5.75 Å². The molecule has 1 heterocycles. The van der Waals surface area contributed by atoms with Gasteiger partial charge >= 0.3 is 0 Å². The maximum Gasteiger partial charge on any atom is 0.263 e. The smallest absolute Gasteiger partial charge is 0.263 e. The first kappa shape index (κ1) is 16.5. The molecule has 2 atom stereocenters. The van der Waals surface area contributed by atoms with Gasteiger partial charge in [0.15, 0.2) is 6.10 Å². The molecule has 0 saturated heterocycles. The number of aliphatic hydroxyl groups is 1. The summed E-state index contributed by atoms with van der Waals surface area (Å²) in [5.74, 6) is 0.514. The minimum atomic E-state index is -0.582. The molecule has 0 aliphatic carbocycles. The van der Waals surface area contributed by atoms with Crippen LogP contribution < -0.4 is 4.74 Å². The van der Waals surface area contributed by atoms with Crippen molar-refractivity contribution >= 4 is 17.2 Å². The number of aliphatic hydroxyl groups excluding tert-OH is 1. The van der Waals surface area contributed by atoms with Crippen LogP contribution in [0.4, 0.5) is 0 Å². The third kappa shape index (κ3) is 3.87. The normalized spacial score (nSPS) is 13.5. The lowest BCUT2D eigenvalue weighted by atomic mass is 10.2. The molecule has 0 fully saturated rings. The molecule has 1 N–H and O–H groups in total. The van der Waals surface area contributed by atoms with E-state index in [-0.39, 0.29) is 18.6 Å². The molecular weight excluding hydrogens is 298 g/mol. The number of thiophene rings is 1. The Bertz CT molecular complexity index is 612. The zero-order valence-corrected chi connectivity index (χ0v) is 13.8. The number of nitrogens with zero attached hydrogens (tertiary/aromatic N) is 1. The molecule has 1 aromatic carbocycles. The molecule has 2 aromatic rings. The second kappa shape index (κ2) is 7.42. The number of carbonyl (C=O) groups excluding carboxylic acids is 1. The predicted octanol–water partition coefficient (Wildman–Crippen LogP) is 3.23. The van der Waals surface area contributed by atoms with Gasteiger partial charge in [-0.05, 0) is 43.0 Å². The van der Waals surface area contributed by atoms with Crippen LogP contribution in [0.1, 0.15) is 30.3 Å². The van der Waals surface area contributed by atoms with Gasteiger partial charge < -0.3 is 14.7 Å².